The summed E-state index contributed by atoms with van der Waals surface area (Å²) in [5, 5.41) is 1.62. The third-order valence-corrected chi connectivity index (χ3v) is 6.66. The molecule has 2 heterocycles. The maximum Gasteiger partial charge on any atom is 0.274 e. The lowest BCUT2D eigenvalue weighted by atomic mass is 10.3. The second-order valence-corrected chi connectivity index (χ2v) is 8.08. The number of hydrogen-bond acceptors (Lipinski definition) is 5. The summed E-state index contributed by atoms with van der Waals surface area (Å²) >= 11 is 8.86. The molecule has 0 radical (unpaired) electrons. The van der Waals surface area contributed by atoms with E-state index in [4.69, 9.17) is 11.6 Å². The smallest absolute Gasteiger partial charge is 0.274 e. The Kier molecular flexibility index (Phi) is 4.98. The molecular weight excluding hydrogens is 386 g/mol. The minimum Gasteiger partial charge on any atom is -0.337 e. The number of rotatable bonds is 3. The maximum absolute atomic E-state index is 13.3. The molecule has 132 valence electrons. The average Bonchev–Trinajstić information content (AvgIpc) is 3.18. The van der Waals surface area contributed by atoms with Crippen LogP contribution >= 0.6 is 35.1 Å². The molecule has 1 fully saturated rings. The van der Waals surface area contributed by atoms with Gasteiger partial charge in [0.1, 0.15) is 4.91 Å². The Morgan fingerprint density at radius 2 is 1.77 bits per heavy atom. The zero-order chi connectivity index (χ0) is 18.1. The highest BCUT2D eigenvalue weighted by molar-refractivity contribution is 8.20. The van der Waals surface area contributed by atoms with Gasteiger partial charge in [0.2, 0.25) is 0 Å². The van der Waals surface area contributed by atoms with Crippen LogP contribution in [-0.2, 0) is 4.79 Å². The van der Waals surface area contributed by atoms with E-state index in [0.717, 1.165) is 21.3 Å². The molecule has 0 unspecified atom stereocenters. The van der Waals surface area contributed by atoms with E-state index in [9.17, 15) is 4.79 Å². The van der Waals surface area contributed by atoms with Crippen molar-refractivity contribution in [2.45, 2.75) is 4.90 Å². The summed E-state index contributed by atoms with van der Waals surface area (Å²) in [6, 6.07) is 17.8. The number of thioether (sulfide) groups is 2. The van der Waals surface area contributed by atoms with Crippen molar-refractivity contribution in [2.75, 3.05) is 29.3 Å². The molecule has 4 rings (SSSR count). The second-order valence-electron chi connectivity index (χ2n) is 5.69. The predicted octanol–water partition coefficient (Wildman–Crippen LogP) is 4.77. The van der Waals surface area contributed by atoms with Crippen molar-refractivity contribution in [2.24, 2.45) is 4.99 Å². The lowest BCUT2D eigenvalue weighted by Crippen LogP contribution is -2.29. The Balaban J connectivity index is 1.77. The number of para-hydroxylation sites is 2. The normalized spacial score (nSPS) is 21.0. The number of alkyl halides is 1. The Morgan fingerprint density at radius 1 is 1.04 bits per heavy atom. The van der Waals surface area contributed by atoms with E-state index in [-0.39, 0.29) is 5.91 Å². The van der Waals surface area contributed by atoms with Gasteiger partial charge in [-0.2, -0.15) is 0 Å². The van der Waals surface area contributed by atoms with Crippen molar-refractivity contribution in [3.05, 3.63) is 64.5 Å². The van der Waals surface area contributed by atoms with Crippen molar-refractivity contribution >= 4 is 57.6 Å². The van der Waals surface area contributed by atoms with Crippen LogP contribution in [0.5, 0.6) is 0 Å². The number of nitrogens with zero attached hydrogens (tertiary/aromatic N) is 3. The molecule has 2 aliphatic rings. The number of amidine groups is 1. The van der Waals surface area contributed by atoms with Gasteiger partial charge in [0, 0.05) is 17.8 Å². The molecule has 2 aromatic rings. The molecule has 7 heteroatoms. The second kappa shape index (κ2) is 7.39. The Bertz CT molecular complexity index is 914. The fourth-order valence-electron chi connectivity index (χ4n) is 2.85. The van der Waals surface area contributed by atoms with Gasteiger partial charge in [0.15, 0.2) is 5.17 Å². The molecule has 0 saturated carbocycles. The Morgan fingerprint density at radius 3 is 2.50 bits per heavy atom. The highest BCUT2D eigenvalue weighted by Gasteiger charge is 2.39. The number of benzene rings is 2. The predicted molar refractivity (Wildman–Crippen MR) is 112 cm³/mol. The number of halogens is 1. The van der Waals surface area contributed by atoms with Gasteiger partial charge in [-0.05, 0) is 36.0 Å². The molecule has 0 spiro atoms. The Labute approximate surface area is 165 Å². The van der Waals surface area contributed by atoms with Crippen molar-refractivity contribution in [3.63, 3.8) is 0 Å². The van der Waals surface area contributed by atoms with Crippen molar-refractivity contribution in [3.8, 4) is 0 Å². The number of amides is 1. The van der Waals surface area contributed by atoms with E-state index >= 15 is 0 Å². The third kappa shape index (κ3) is 3.02. The van der Waals surface area contributed by atoms with Gasteiger partial charge in [0.25, 0.3) is 5.91 Å². The van der Waals surface area contributed by atoms with Gasteiger partial charge in [-0.1, -0.05) is 42.1 Å². The van der Waals surface area contributed by atoms with Crippen LogP contribution in [0.25, 0.3) is 0 Å². The van der Waals surface area contributed by atoms with Gasteiger partial charge < -0.3 is 4.90 Å². The SMILES string of the molecule is CN1C(=C2SC(=NCCCl)N(c3ccccc3)C2=O)Sc2ccccc21. The Hall–Kier alpha value is -1.89. The van der Waals surface area contributed by atoms with Crippen LogP contribution in [0.3, 0.4) is 0 Å². The molecule has 2 aliphatic heterocycles. The quantitative estimate of drug-likeness (QED) is 0.548. The van der Waals surface area contributed by atoms with Crippen molar-refractivity contribution in [1.29, 1.82) is 0 Å². The van der Waals surface area contributed by atoms with Gasteiger partial charge in [-0.3, -0.25) is 14.7 Å². The van der Waals surface area contributed by atoms with Crippen LogP contribution < -0.4 is 9.80 Å². The molecule has 0 atom stereocenters. The molecule has 0 bridgehead atoms. The van der Waals surface area contributed by atoms with Crippen LogP contribution in [0.2, 0.25) is 0 Å². The monoisotopic (exact) mass is 401 g/mol. The minimum absolute atomic E-state index is 0.0447. The van der Waals surface area contributed by atoms with E-state index < -0.39 is 0 Å². The zero-order valence-electron chi connectivity index (χ0n) is 14.1. The largest absolute Gasteiger partial charge is 0.337 e. The van der Waals surface area contributed by atoms with E-state index in [2.05, 4.69) is 22.0 Å². The van der Waals surface area contributed by atoms with Crippen LogP contribution in [0.1, 0.15) is 0 Å². The average molecular weight is 402 g/mol. The van der Waals surface area contributed by atoms with Crippen LogP contribution in [-0.4, -0.2) is 30.5 Å². The molecule has 1 amide bonds. The summed E-state index contributed by atoms with van der Waals surface area (Å²) < 4.78 is 0. The summed E-state index contributed by atoms with van der Waals surface area (Å²) in [6.45, 7) is 0.478. The molecular formula is C19H16ClN3OS2. The van der Waals surface area contributed by atoms with E-state index in [0.29, 0.717) is 22.5 Å². The summed E-state index contributed by atoms with van der Waals surface area (Å²) in [4.78, 5) is 23.4. The lowest BCUT2D eigenvalue weighted by Gasteiger charge is -2.16. The third-order valence-electron chi connectivity index (χ3n) is 4.06. The van der Waals surface area contributed by atoms with E-state index in [1.165, 1.54) is 11.8 Å². The minimum atomic E-state index is -0.0447. The fourth-order valence-corrected chi connectivity index (χ4v) is 5.29. The molecule has 1 saturated heterocycles. The summed E-state index contributed by atoms with van der Waals surface area (Å²) in [5.74, 6) is 0.379. The van der Waals surface area contributed by atoms with Crippen LogP contribution in [0.4, 0.5) is 11.4 Å². The van der Waals surface area contributed by atoms with Gasteiger partial charge in [-0.15, -0.1) is 11.6 Å². The topological polar surface area (TPSA) is 35.9 Å². The maximum atomic E-state index is 13.3. The summed E-state index contributed by atoms with van der Waals surface area (Å²) in [6.07, 6.45) is 0. The first kappa shape index (κ1) is 17.5. The number of anilines is 2. The lowest BCUT2D eigenvalue weighted by molar-refractivity contribution is -0.113. The molecule has 0 N–H and O–H groups in total. The molecule has 0 aromatic heterocycles. The van der Waals surface area contributed by atoms with Crippen molar-refractivity contribution in [1.82, 2.24) is 0 Å². The first-order valence-corrected chi connectivity index (χ1v) is 10.3. The first-order valence-electron chi connectivity index (χ1n) is 8.13. The first-order chi connectivity index (χ1) is 12.7. The standard InChI is InChI=1S/C19H16ClN3OS2/c1-22-14-9-5-6-10-15(14)25-18(22)16-17(24)23(13-7-3-2-4-8-13)19(26-16)21-12-11-20/h2-10H,11-12H2,1H3. The fraction of sp³-hybridized carbons (Fsp3) is 0.158. The van der Waals surface area contributed by atoms with Crippen LogP contribution in [0.15, 0.2) is 74.4 Å². The molecule has 4 nitrogen and oxygen atoms in total. The number of aliphatic imine (C=N–C) groups is 1. The molecule has 2 aromatic carbocycles. The summed E-state index contributed by atoms with van der Waals surface area (Å²) in [5.41, 5.74) is 1.93. The van der Waals surface area contributed by atoms with Gasteiger partial charge in [-0.25, -0.2) is 0 Å². The van der Waals surface area contributed by atoms with E-state index in [1.807, 2.05) is 49.5 Å². The number of hydrogen-bond donors (Lipinski definition) is 0. The number of carbonyl (C=O) groups excluding carboxylic acids is 1. The number of fused-ring (bicyclic) bond motifs is 1. The molecule has 26 heavy (non-hydrogen) atoms. The van der Waals surface area contributed by atoms with Gasteiger partial charge >= 0.3 is 0 Å². The van der Waals surface area contributed by atoms with Crippen molar-refractivity contribution < 1.29 is 4.79 Å². The zero-order valence-corrected chi connectivity index (χ0v) is 16.4. The van der Waals surface area contributed by atoms with E-state index in [1.54, 1.807) is 16.7 Å². The number of carbonyl (C=O) groups is 1. The van der Waals surface area contributed by atoms with Crippen LogP contribution in [0, 0.1) is 0 Å². The van der Waals surface area contributed by atoms with Gasteiger partial charge in [0.05, 0.1) is 22.9 Å². The summed E-state index contributed by atoms with van der Waals surface area (Å²) in [7, 11) is 2.00. The highest BCUT2D eigenvalue weighted by Crippen LogP contribution is 2.50. The highest BCUT2D eigenvalue weighted by atomic mass is 35.5. The molecule has 0 aliphatic carbocycles.